The van der Waals surface area contributed by atoms with Crippen molar-refractivity contribution in [3.63, 3.8) is 0 Å². The molecule has 16 heavy (non-hydrogen) atoms. The molecule has 0 saturated heterocycles. The van der Waals surface area contributed by atoms with Crippen LogP contribution in [-0.2, 0) is 4.79 Å². The molecule has 0 heterocycles. The van der Waals surface area contributed by atoms with Gasteiger partial charge in [0.2, 0.25) is 0 Å². The Morgan fingerprint density at radius 3 is 2.81 bits per heavy atom. The van der Waals surface area contributed by atoms with Gasteiger partial charge in [0.25, 0.3) is 0 Å². The molecule has 0 N–H and O–H groups in total. The first kappa shape index (κ1) is 13.2. The average Bonchev–Trinajstić information content (AvgIpc) is 2.28. The summed E-state index contributed by atoms with van der Waals surface area (Å²) in [5, 5.41) is 0. The van der Waals surface area contributed by atoms with Crippen molar-refractivity contribution in [3.05, 3.63) is 39.9 Å². The molecule has 0 aliphatic rings. The van der Waals surface area contributed by atoms with E-state index in [0.717, 1.165) is 34.7 Å². The molecule has 0 bridgehead atoms. The first-order valence-corrected chi connectivity index (χ1v) is 6.47. The molecule has 86 valence electrons. The van der Waals surface area contributed by atoms with Gasteiger partial charge in [0, 0.05) is 4.47 Å². The molecule has 0 fully saturated rings. The van der Waals surface area contributed by atoms with Crippen molar-refractivity contribution in [3.8, 4) is 0 Å². The number of halogens is 1. The molecule has 1 rings (SSSR count). The Hall–Kier alpha value is -0.890. The van der Waals surface area contributed by atoms with Gasteiger partial charge in [0.15, 0.2) is 0 Å². The molecule has 0 aliphatic carbocycles. The topological polar surface area (TPSA) is 17.1 Å². The van der Waals surface area contributed by atoms with Gasteiger partial charge in [-0.15, -0.1) is 0 Å². The number of rotatable bonds is 6. The highest BCUT2D eigenvalue weighted by molar-refractivity contribution is 9.10. The summed E-state index contributed by atoms with van der Waals surface area (Å²) in [6.45, 7) is 2.17. The zero-order valence-corrected chi connectivity index (χ0v) is 11.2. The Kier molecular flexibility index (Phi) is 6.09. The lowest BCUT2D eigenvalue weighted by Crippen LogP contribution is -1.86. The van der Waals surface area contributed by atoms with E-state index in [4.69, 9.17) is 0 Å². The number of hydrogen-bond donors (Lipinski definition) is 0. The van der Waals surface area contributed by atoms with Crippen molar-refractivity contribution in [2.24, 2.45) is 0 Å². The summed E-state index contributed by atoms with van der Waals surface area (Å²) in [6.07, 6.45) is 7.27. The SMILES string of the molecule is CCCCC/C(C=O)=C\c1cccc(Br)c1. The molecular formula is C14H17BrO. The van der Waals surface area contributed by atoms with Crippen LogP contribution in [0.1, 0.15) is 38.2 Å². The molecule has 1 nitrogen and oxygen atoms in total. The Bertz CT molecular complexity index is 369. The van der Waals surface area contributed by atoms with Gasteiger partial charge < -0.3 is 0 Å². The lowest BCUT2D eigenvalue weighted by atomic mass is 10.1. The van der Waals surface area contributed by atoms with Gasteiger partial charge in [0.1, 0.15) is 6.29 Å². The fourth-order valence-electron chi connectivity index (χ4n) is 1.55. The van der Waals surface area contributed by atoms with E-state index in [9.17, 15) is 4.79 Å². The van der Waals surface area contributed by atoms with Crippen LogP contribution in [0.2, 0.25) is 0 Å². The van der Waals surface area contributed by atoms with Gasteiger partial charge in [0.05, 0.1) is 0 Å². The monoisotopic (exact) mass is 280 g/mol. The summed E-state index contributed by atoms with van der Waals surface area (Å²) >= 11 is 3.42. The Labute approximate surface area is 106 Å². The van der Waals surface area contributed by atoms with Crippen molar-refractivity contribution < 1.29 is 4.79 Å². The molecule has 0 saturated carbocycles. The summed E-state index contributed by atoms with van der Waals surface area (Å²) in [5.41, 5.74) is 1.96. The summed E-state index contributed by atoms with van der Waals surface area (Å²) in [4.78, 5) is 10.9. The predicted molar refractivity (Wildman–Crippen MR) is 72.3 cm³/mol. The summed E-state index contributed by atoms with van der Waals surface area (Å²) in [6, 6.07) is 7.98. The van der Waals surface area contributed by atoms with Crippen molar-refractivity contribution in [1.29, 1.82) is 0 Å². The van der Waals surface area contributed by atoms with Crippen molar-refractivity contribution >= 4 is 28.3 Å². The van der Waals surface area contributed by atoms with Crippen molar-refractivity contribution in [2.45, 2.75) is 32.6 Å². The third kappa shape index (κ3) is 4.75. The van der Waals surface area contributed by atoms with Crippen LogP contribution in [0.15, 0.2) is 34.3 Å². The minimum atomic E-state index is 0.879. The number of carbonyl (C=O) groups excluding carboxylic acids is 1. The zero-order valence-electron chi connectivity index (χ0n) is 9.58. The Morgan fingerprint density at radius 1 is 1.38 bits per heavy atom. The minimum Gasteiger partial charge on any atom is -0.298 e. The minimum absolute atomic E-state index is 0.879. The first-order valence-electron chi connectivity index (χ1n) is 5.67. The van der Waals surface area contributed by atoms with E-state index < -0.39 is 0 Å². The predicted octanol–water partition coefficient (Wildman–Crippen LogP) is 4.61. The van der Waals surface area contributed by atoms with Crippen LogP contribution < -0.4 is 0 Å². The second-order valence-electron chi connectivity index (χ2n) is 3.85. The molecule has 1 aromatic rings. The average molecular weight is 281 g/mol. The van der Waals surface area contributed by atoms with Crippen LogP contribution in [0.5, 0.6) is 0 Å². The quantitative estimate of drug-likeness (QED) is 0.422. The van der Waals surface area contributed by atoms with Gasteiger partial charge in [-0.3, -0.25) is 4.79 Å². The van der Waals surface area contributed by atoms with Crippen molar-refractivity contribution in [1.82, 2.24) is 0 Å². The third-order valence-corrected chi connectivity index (χ3v) is 2.91. The maximum absolute atomic E-state index is 10.9. The molecule has 0 amide bonds. The molecule has 0 aliphatic heterocycles. The van der Waals surface area contributed by atoms with Crippen LogP contribution in [0.3, 0.4) is 0 Å². The fraction of sp³-hybridized carbons (Fsp3) is 0.357. The summed E-state index contributed by atoms with van der Waals surface area (Å²) < 4.78 is 1.04. The van der Waals surface area contributed by atoms with Crippen LogP contribution >= 0.6 is 15.9 Å². The summed E-state index contributed by atoms with van der Waals surface area (Å²) in [7, 11) is 0. The molecule has 2 heteroatoms. The fourth-order valence-corrected chi connectivity index (χ4v) is 1.97. The van der Waals surface area contributed by atoms with Crippen LogP contribution in [0.4, 0.5) is 0 Å². The Balaban J connectivity index is 2.67. The number of hydrogen-bond acceptors (Lipinski definition) is 1. The molecule has 0 radical (unpaired) electrons. The maximum Gasteiger partial charge on any atom is 0.146 e. The van der Waals surface area contributed by atoms with Gasteiger partial charge in [-0.05, 0) is 42.2 Å². The second kappa shape index (κ2) is 7.39. The van der Waals surface area contributed by atoms with E-state index in [1.165, 1.54) is 12.8 Å². The highest BCUT2D eigenvalue weighted by Gasteiger charge is 1.97. The van der Waals surface area contributed by atoms with Gasteiger partial charge in [-0.25, -0.2) is 0 Å². The smallest absolute Gasteiger partial charge is 0.146 e. The highest BCUT2D eigenvalue weighted by atomic mass is 79.9. The summed E-state index contributed by atoms with van der Waals surface area (Å²) in [5.74, 6) is 0. The van der Waals surface area contributed by atoms with Crippen LogP contribution in [-0.4, -0.2) is 6.29 Å². The van der Waals surface area contributed by atoms with Gasteiger partial charge >= 0.3 is 0 Å². The second-order valence-corrected chi connectivity index (χ2v) is 4.76. The molecule has 1 aromatic carbocycles. The molecule has 0 unspecified atom stereocenters. The maximum atomic E-state index is 10.9. The third-order valence-electron chi connectivity index (χ3n) is 2.42. The van der Waals surface area contributed by atoms with E-state index in [1.54, 1.807) is 0 Å². The van der Waals surface area contributed by atoms with E-state index in [2.05, 4.69) is 22.9 Å². The normalized spacial score (nSPS) is 11.5. The lowest BCUT2D eigenvalue weighted by molar-refractivity contribution is -0.105. The molecular weight excluding hydrogens is 264 g/mol. The number of carbonyl (C=O) groups is 1. The Morgan fingerprint density at radius 2 is 2.19 bits per heavy atom. The van der Waals surface area contributed by atoms with Gasteiger partial charge in [-0.2, -0.15) is 0 Å². The van der Waals surface area contributed by atoms with E-state index in [-0.39, 0.29) is 0 Å². The number of allylic oxidation sites excluding steroid dienone is 1. The van der Waals surface area contributed by atoms with Crippen LogP contribution in [0.25, 0.3) is 6.08 Å². The number of unbranched alkanes of at least 4 members (excludes halogenated alkanes) is 2. The van der Waals surface area contributed by atoms with E-state index in [1.807, 2.05) is 30.3 Å². The molecule has 0 aromatic heterocycles. The highest BCUT2D eigenvalue weighted by Crippen LogP contribution is 2.16. The van der Waals surface area contributed by atoms with Crippen LogP contribution in [0, 0.1) is 0 Å². The number of benzene rings is 1. The van der Waals surface area contributed by atoms with E-state index >= 15 is 0 Å². The number of aldehydes is 1. The zero-order chi connectivity index (χ0) is 11.8. The molecule has 0 atom stereocenters. The van der Waals surface area contributed by atoms with Gasteiger partial charge in [-0.1, -0.05) is 47.8 Å². The van der Waals surface area contributed by atoms with Crippen molar-refractivity contribution in [2.75, 3.05) is 0 Å². The first-order chi connectivity index (χ1) is 7.76. The largest absolute Gasteiger partial charge is 0.298 e. The van der Waals surface area contributed by atoms with E-state index in [0.29, 0.717) is 0 Å². The standard InChI is InChI=1S/C14H17BrO/c1-2-3-4-6-13(11-16)9-12-7-5-8-14(15)10-12/h5,7-11H,2-4,6H2,1H3/b13-9+. The lowest BCUT2D eigenvalue weighted by Gasteiger charge is -2.00. The molecule has 0 spiro atoms.